The first kappa shape index (κ1) is 60.0. The van der Waals surface area contributed by atoms with Crippen LogP contribution in [0.5, 0.6) is 0 Å². The molecule has 0 bridgehead atoms. The third-order valence-electron chi connectivity index (χ3n) is 10.7. The average molecular weight is 937 g/mol. The zero-order valence-electron chi connectivity index (χ0n) is 39.5. The van der Waals surface area contributed by atoms with Crippen molar-refractivity contribution in [3.8, 4) is 0 Å². The normalized spacial score (nSPS) is 22.2. The van der Waals surface area contributed by atoms with E-state index in [-0.39, 0.29) is 12.8 Å². The van der Waals surface area contributed by atoms with E-state index in [1.165, 1.54) is 38.5 Å². The molecule has 0 aromatic carbocycles. The van der Waals surface area contributed by atoms with Crippen molar-refractivity contribution in [1.82, 2.24) is 0 Å². The predicted octanol–water partition coefficient (Wildman–Crippen LogP) is 10.1. The second-order valence-corrected chi connectivity index (χ2v) is 18.0. The summed E-state index contributed by atoms with van der Waals surface area (Å²) in [5.74, 6) is -1.17. The summed E-state index contributed by atoms with van der Waals surface area (Å²) in [6, 6.07) is 0. The molecule has 0 aromatic heterocycles. The number of phosphoric acid groups is 1. The van der Waals surface area contributed by atoms with Gasteiger partial charge in [-0.25, -0.2) is 4.57 Å². The minimum absolute atomic E-state index is 0.0493. The zero-order chi connectivity index (χ0) is 47.8. The molecular formula is C51H85O13P. The van der Waals surface area contributed by atoms with Gasteiger partial charge in [0, 0.05) is 12.8 Å². The van der Waals surface area contributed by atoms with Crippen molar-refractivity contribution in [3.63, 3.8) is 0 Å². The maximum atomic E-state index is 12.8. The lowest BCUT2D eigenvalue weighted by Crippen LogP contribution is -2.64. The average Bonchev–Trinajstić information content (AvgIpc) is 3.29. The number of hydrogen-bond donors (Lipinski definition) is 6. The molecule has 1 aliphatic carbocycles. The highest BCUT2D eigenvalue weighted by Gasteiger charge is 2.51. The Kier molecular flexibility index (Phi) is 37.1. The number of unbranched alkanes of at least 4 members (excludes halogenated alkanes) is 13. The number of carbonyl (C=O) groups is 2. The Hall–Kier alpha value is -2.97. The lowest BCUT2D eigenvalue weighted by molar-refractivity contribution is -0.220. The molecule has 65 heavy (non-hydrogen) atoms. The van der Waals surface area contributed by atoms with Gasteiger partial charge in [-0.05, 0) is 96.3 Å². The van der Waals surface area contributed by atoms with Crippen LogP contribution < -0.4 is 0 Å². The fraction of sp³-hybridized carbons (Fsp3) is 0.686. The van der Waals surface area contributed by atoms with Gasteiger partial charge >= 0.3 is 19.8 Å². The number of hydrogen-bond acceptors (Lipinski definition) is 12. The summed E-state index contributed by atoms with van der Waals surface area (Å²) in [5.41, 5.74) is 0. The smallest absolute Gasteiger partial charge is 0.462 e. The van der Waals surface area contributed by atoms with Crippen LogP contribution in [0.15, 0.2) is 85.1 Å². The van der Waals surface area contributed by atoms with Gasteiger partial charge < -0.3 is 39.9 Å². The Morgan fingerprint density at radius 1 is 0.477 bits per heavy atom. The number of ether oxygens (including phenoxy) is 2. The first-order chi connectivity index (χ1) is 31.4. The maximum Gasteiger partial charge on any atom is 0.472 e. The van der Waals surface area contributed by atoms with Gasteiger partial charge in [-0.1, -0.05) is 144 Å². The Bertz CT molecular complexity index is 1460. The molecule has 0 saturated heterocycles. The van der Waals surface area contributed by atoms with Crippen LogP contribution in [0, 0.1) is 0 Å². The first-order valence-electron chi connectivity index (χ1n) is 24.4. The molecule has 0 aliphatic heterocycles. The van der Waals surface area contributed by atoms with Crippen molar-refractivity contribution < 1.29 is 63.1 Å². The highest BCUT2D eigenvalue weighted by molar-refractivity contribution is 7.47. The molecule has 8 atom stereocenters. The molecule has 6 unspecified atom stereocenters. The fourth-order valence-corrected chi connectivity index (χ4v) is 7.72. The van der Waals surface area contributed by atoms with Crippen molar-refractivity contribution in [2.45, 2.75) is 211 Å². The van der Waals surface area contributed by atoms with Crippen LogP contribution in [0.1, 0.15) is 168 Å². The molecule has 1 fully saturated rings. The third-order valence-corrected chi connectivity index (χ3v) is 11.7. The van der Waals surface area contributed by atoms with E-state index in [1.54, 1.807) is 0 Å². The lowest BCUT2D eigenvalue weighted by Gasteiger charge is -2.41. The van der Waals surface area contributed by atoms with E-state index >= 15 is 0 Å². The van der Waals surface area contributed by atoms with Crippen molar-refractivity contribution in [1.29, 1.82) is 0 Å². The molecule has 0 heterocycles. The number of aliphatic hydroxyl groups is 5. The molecule has 372 valence electrons. The molecule has 1 rings (SSSR count). The Morgan fingerprint density at radius 2 is 0.831 bits per heavy atom. The molecule has 1 saturated carbocycles. The summed E-state index contributed by atoms with van der Waals surface area (Å²) >= 11 is 0. The van der Waals surface area contributed by atoms with E-state index < -0.39 is 75.7 Å². The maximum absolute atomic E-state index is 12.8. The van der Waals surface area contributed by atoms with Gasteiger partial charge in [0.15, 0.2) is 6.10 Å². The van der Waals surface area contributed by atoms with Crippen LogP contribution in [0.4, 0.5) is 0 Å². The first-order valence-corrected chi connectivity index (χ1v) is 25.9. The Labute approximate surface area is 390 Å². The van der Waals surface area contributed by atoms with E-state index in [9.17, 15) is 44.6 Å². The van der Waals surface area contributed by atoms with Crippen molar-refractivity contribution in [2.24, 2.45) is 0 Å². The SMILES string of the molecule is CCCCC/C=C\C/C=C\C/C=C\C/C=C\CCCCCC(=O)O[C@H](COC(=O)CCCCCC/C=C\C/C=C\C/C=C\CCCCC)COP(=O)(O)OC1C(O)C(O)C(O)[C@@H](O)C1O. The van der Waals surface area contributed by atoms with Gasteiger partial charge in [0.1, 0.15) is 43.2 Å². The van der Waals surface area contributed by atoms with Crippen molar-refractivity contribution >= 4 is 19.8 Å². The number of allylic oxidation sites excluding steroid dienone is 14. The van der Waals surface area contributed by atoms with E-state index in [1.807, 2.05) is 0 Å². The van der Waals surface area contributed by atoms with Crippen LogP contribution >= 0.6 is 7.82 Å². The Balaban J connectivity index is 2.49. The fourth-order valence-electron chi connectivity index (χ4n) is 6.75. The summed E-state index contributed by atoms with van der Waals surface area (Å²) in [6.45, 7) is 3.19. The van der Waals surface area contributed by atoms with E-state index in [0.29, 0.717) is 12.8 Å². The molecule has 0 spiro atoms. The van der Waals surface area contributed by atoms with Gasteiger partial charge in [0.05, 0.1) is 6.61 Å². The highest BCUT2D eigenvalue weighted by Crippen LogP contribution is 2.47. The molecule has 1 aliphatic rings. The van der Waals surface area contributed by atoms with Gasteiger partial charge in [0.25, 0.3) is 0 Å². The molecular weight excluding hydrogens is 852 g/mol. The van der Waals surface area contributed by atoms with Crippen LogP contribution in [0.2, 0.25) is 0 Å². The van der Waals surface area contributed by atoms with Crippen LogP contribution in [-0.4, -0.2) is 98.3 Å². The van der Waals surface area contributed by atoms with Gasteiger partial charge in [-0.2, -0.15) is 0 Å². The highest BCUT2D eigenvalue weighted by atomic mass is 31.2. The van der Waals surface area contributed by atoms with E-state index in [2.05, 4.69) is 98.9 Å². The second kappa shape index (κ2) is 40.1. The topological polar surface area (TPSA) is 210 Å². The van der Waals surface area contributed by atoms with E-state index in [0.717, 1.165) is 89.9 Å². The van der Waals surface area contributed by atoms with Crippen LogP contribution in [-0.2, 0) is 32.7 Å². The third kappa shape index (κ3) is 32.4. The molecule has 0 amide bonds. The standard InChI is InChI=1S/C51H85O13P/c1-3-5-7-9-11-13-15-17-19-21-22-24-26-28-30-32-34-36-38-40-45(53)63-43(42-62-65(59,60)64-51-49(57)47(55)46(54)48(56)50(51)58)41-61-44(52)39-37-35-33-31-29-27-25-23-20-18-16-14-12-10-8-6-4-2/h11-14,17-20,22,24-25,27-28,30,43,46-51,54-58H,3-10,15-16,21,23,26,29,31-42H2,1-2H3,(H,59,60)/b13-11-,14-12-,19-17-,20-18-,24-22-,27-25-,30-28-/t43-,46?,47-,48?,49?,50?,51?/m1/s1. The number of carbonyl (C=O) groups excluding carboxylic acids is 2. The van der Waals surface area contributed by atoms with Gasteiger partial charge in [-0.15, -0.1) is 0 Å². The molecule has 0 radical (unpaired) electrons. The van der Waals surface area contributed by atoms with Crippen molar-refractivity contribution in [3.05, 3.63) is 85.1 Å². The predicted molar refractivity (Wildman–Crippen MR) is 258 cm³/mol. The minimum atomic E-state index is -5.14. The number of esters is 2. The number of phosphoric ester groups is 1. The monoisotopic (exact) mass is 937 g/mol. The van der Waals surface area contributed by atoms with E-state index in [4.69, 9.17) is 18.5 Å². The molecule has 6 N–H and O–H groups in total. The zero-order valence-corrected chi connectivity index (χ0v) is 40.4. The Morgan fingerprint density at radius 3 is 1.26 bits per heavy atom. The molecule has 13 nitrogen and oxygen atoms in total. The summed E-state index contributed by atoms with van der Waals surface area (Å²) in [6.07, 6.45) is 39.1. The summed E-state index contributed by atoms with van der Waals surface area (Å²) in [7, 11) is -5.14. The minimum Gasteiger partial charge on any atom is -0.462 e. The lowest BCUT2D eigenvalue weighted by atomic mass is 9.85. The quantitative estimate of drug-likeness (QED) is 0.0147. The summed E-state index contributed by atoms with van der Waals surface area (Å²) in [5, 5.41) is 50.2. The van der Waals surface area contributed by atoms with Crippen LogP contribution in [0.3, 0.4) is 0 Å². The number of rotatable bonds is 39. The van der Waals surface area contributed by atoms with Crippen molar-refractivity contribution in [2.75, 3.05) is 13.2 Å². The van der Waals surface area contributed by atoms with Crippen LogP contribution in [0.25, 0.3) is 0 Å². The molecule has 14 heteroatoms. The largest absolute Gasteiger partial charge is 0.472 e. The summed E-state index contributed by atoms with van der Waals surface area (Å²) in [4.78, 5) is 35.8. The van der Waals surface area contributed by atoms with Gasteiger partial charge in [0.2, 0.25) is 0 Å². The summed E-state index contributed by atoms with van der Waals surface area (Å²) < 4.78 is 33.5. The molecule has 0 aromatic rings. The second-order valence-electron chi connectivity index (χ2n) is 16.6. The number of aliphatic hydroxyl groups excluding tert-OH is 5. The van der Waals surface area contributed by atoms with Gasteiger partial charge in [-0.3, -0.25) is 18.6 Å².